The second kappa shape index (κ2) is 9.41. The maximum atomic E-state index is 9.20. The Bertz CT molecular complexity index is 121. The Balaban J connectivity index is -0.0000000417. The molecule has 9 heavy (non-hydrogen) atoms. The zero-order chi connectivity index (χ0) is 5.21. The summed E-state index contributed by atoms with van der Waals surface area (Å²) in [4.78, 5) is 0. The monoisotopic (exact) mass is 209 g/mol. The molecule has 0 aliphatic rings. The van der Waals surface area contributed by atoms with Gasteiger partial charge in [0.15, 0.2) is 0 Å². The van der Waals surface area contributed by atoms with E-state index < -0.39 is 10.4 Å². The topological polar surface area (TPSA) is 98.6 Å². The van der Waals surface area contributed by atoms with Crippen molar-refractivity contribution in [2.75, 3.05) is 0 Å². The molecule has 0 saturated carbocycles. The van der Waals surface area contributed by atoms with Crippen LogP contribution in [-0.2, 0) is 14.1 Å². The third kappa shape index (κ3) is 26.6. The first-order valence-corrected chi connectivity index (χ1v) is 2.51. The Labute approximate surface area is 86.5 Å². The van der Waals surface area contributed by atoms with E-state index in [-0.39, 0.29) is 48.1 Å². The van der Waals surface area contributed by atoms with Gasteiger partial charge in [0.2, 0.25) is 0 Å². The van der Waals surface area contributed by atoms with Gasteiger partial charge < -0.3 is 6.15 Å². The van der Waals surface area contributed by atoms with Gasteiger partial charge >= 0.3 is 40.0 Å². The van der Waals surface area contributed by atoms with Crippen LogP contribution in [0, 0.1) is 0 Å². The summed E-state index contributed by atoms with van der Waals surface area (Å²) in [5.41, 5.74) is 0. The van der Waals surface area contributed by atoms with Gasteiger partial charge in [-0.05, 0) is 0 Å². The second-order valence-electron chi connectivity index (χ2n) is 0.491. The summed E-state index contributed by atoms with van der Waals surface area (Å²) in [5.74, 6) is 0. The molecule has 0 atom stereocenters. The average molecular weight is 210 g/mol. The van der Waals surface area contributed by atoms with Gasteiger partial charge in [0, 0.05) is 0 Å². The summed E-state index contributed by atoms with van der Waals surface area (Å²) >= 11 is 4.14. The molecule has 56 valence electrons. The van der Waals surface area contributed by atoms with Crippen LogP contribution in [0.4, 0.5) is 0 Å². The van der Waals surface area contributed by atoms with Gasteiger partial charge in [0.1, 0.15) is 0 Å². The Morgan fingerprint density at radius 3 is 1.56 bits per heavy atom. The number of rotatable bonds is 1. The van der Waals surface area contributed by atoms with Crippen LogP contribution in [0.5, 0.6) is 0 Å². The number of halogens is 2. The van der Waals surface area contributed by atoms with Crippen LogP contribution >= 0.6 is 24.3 Å². The molecule has 4 N–H and O–H groups in total. The van der Waals surface area contributed by atoms with Crippen molar-refractivity contribution in [2.45, 2.75) is 0 Å². The van der Waals surface area contributed by atoms with Crippen LogP contribution < -0.4 is 6.15 Å². The Hall–Kier alpha value is 1.41. The summed E-state index contributed by atoms with van der Waals surface area (Å²) in [6.45, 7) is 0. The van der Waals surface area contributed by atoms with E-state index in [0.717, 1.165) is 0 Å². The standard InChI is InChI=1S/ClHO4S.ClH.H3N.Na.H/c1-5-6(2,3)4;;;;/h(H,2,3,4);1H;1H3;;. The second-order valence-corrected chi connectivity index (χ2v) is 1.85. The Kier molecular flexibility index (Phi) is 23.5. The van der Waals surface area contributed by atoms with Crippen LogP contribution in [0.1, 0.15) is 0 Å². The van der Waals surface area contributed by atoms with E-state index in [1.165, 1.54) is 0 Å². The van der Waals surface area contributed by atoms with Gasteiger partial charge in [0.05, 0.1) is 11.9 Å². The molecular weight excluding hydrogens is 204 g/mol. The summed E-state index contributed by atoms with van der Waals surface area (Å²) in [6.07, 6.45) is 0. The Morgan fingerprint density at radius 2 is 1.56 bits per heavy atom. The molecule has 0 bridgehead atoms. The first-order valence-electron chi connectivity index (χ1n) is 0.837. The fraction of sp³-hybridized carbons (Fsp3) is 0. The molecule has 0 radical (unpaired) electrons. The van der Waals surface area contributed by atoms with Crippen molar-refractivity contribution in [3.8, 4) is 0 Å². The summed E-state index contributed by atoms with van der Waals surface area (Å²) in [6, 6.07) is 0. The fourth-order valence-corrected chi connectivity index (χ4v) is 0. The third-order valence-electron chi connectivity index (χ3n) is 0.0796. The normalized spacial score (nSPS) is 7.78. The third-order valence-corrected chi connectivity index (χ3v) is 0.716. The predicted molar refractivity (Wildman–Crippen MR) is 37.9 cm³/mol. The van der Waals surface area contributed by atoms with Crippen LogP contribution in [0.25, 0.3) is 0 Å². The van der Waals surface area contributed by atoms with E-state index in [9.17, 15) is 8.42 Å². The molecule has 0 saturated heterocycles. The van der Waals surface area contributed by atoms with Crippen LogP contribution in [0.15, 0.2) is 0 Å². The zero-order valence-corrected chi connectivity index (χ0v) is 5.96. The van der Waals surface area contributed by atoms with Crippen molar-refractivity contribution in [2.24, 2.45) is 0 Å². The van der Waals surface area contributed by atoms with Crippen molar-refractivity contribution in [3.05, 3.63) is 0 Å². The van der Waals surface area contributed by atoms with Crippen molar-refractivity contribution < 1.29 is 16.7 Å². The van der Waals surface area contributed by atoms with Crippen LogP contribution in [0.2, 0.25) is 0 Å². The minimum atomic E-state index is -4.40. The van der Waals surface area contributed by atoms with E-state index in [0.29, 0.717) is 0 Å². The maximum absolute atomic E-state index is 9.20. The number of hydrogen-bond donors (Lipinski definition) is 2. The molecule has 0 fully saturated rings. The van der Waals surface area contributed by atoms with E-state index in [1.807, 2.05) is 0 Å². The van der Waals surface area contributed by atoms with Crippen molar-refractivity contribution in [3.63, 3.8) is 0 Å². The fourth-order valence-electron chi connectivity index (χ4n) is 0. The molecule has 0 heterocycles. The van der Waals surface area contributed by atoms with Crippen LogP contribution in [0.3, 0.4) is 0 Å². The molecular formula is H6Cl2NNaO4S. The Morgan fingerprint density at radius 1 is 1.44 bits per heavy atom. The first-order chi connectivity index (χ1) is 2.56. The molecule has 0 amide bonds. The summed E-state index contributed by atoms with van der Waals surface area (Å²) in [7, 11) is -4.40. The SMILES string of the molecule is Cl.N.O=S(=O)(O)OCl.[NaH]. The van der Waals surface area contributed by atoms with Crippen LogP contribution in [-0.4, -0.2) is 42.5 Å². The van der Waals surface area contributed by atoms with E-state index in [4.69, 9.17) is 4.55 Å². The van der Waals surface area contributed by atoms with Gasteiger partial charge in [0.25, 0.3) is 0 Å². The van der Waals surface area contributed by atoms with E-state index >= 15 is 0 Å². The molecule has 0 aromatic heterocycles. The molecule has 0 unspecified atom stereocenters. The quantitative estimate of drug-likeness (QED) is 0.464. The van der Waals surface area contributed by atoms with E-state index in [1.54, 1.807) is 0 Å². The molecule has 0 aromatic rings. The van der Waals surface area contributed by atoms with Crippen molar-refractivity contribution >= 4 is 64.2 Å². The van der Waals surface area contributed by atoms with Gasteiger partial charge in [-0.25, -0.2) is 0 Å². The number of hydrogen-bond acceptors (Lipinski definition) is 4. The van der Waals surface area contributed by atoms with Gasteiger partial charge in [-0.15, -0.1) is 16.1 Å². The van der Waals surface area contributed by atoms with Gasteiger partial charge in [-0.2, -0.15) is 8.42 Å². The molecule has 9 heteroatoms. The van der Waals surface area contributed by atoms with Crippen molar-refractivity contribution in [1.82, 2.24) is 6.15 Å². The van der Waals surface area contributed by atoms with Crippen molar-refractivity contribution in [1.29, 1.82) is 0 Å². The molecule has 0 spiro atoms. The molecule has 0 aliphatic heterocycles. The molecule has 0 aliphatic carbocycles. The molecule has 0 aromatic carbocycles. The summed E-state index contributed by atoms with van der Waals surface area (Å²) < 4.78 is 28.8. The predicted octanol–water partition coefficient (Wildman–Crippen LogP) is -0.105. The zero-order valence-electron chi connectivity index (χ0n) is 3.57. The van der Waals surface area contributed by atoms with E-state index in [2.05, 4.69) is 15.6 Å². The first kappa shape index (κ1) is 22.4. The molecule has 0 rings (SSSR count). The van der Waals surface area contributed by atoms with Gasteiger partial charge in [-0.3, -0.25) is 4.55 Å². The molecule has 5 nitrogen and oxygen atoms in total. The summed E-state index contributed by atoms with van der Waals surface area (Å²) in [5, 5.41) is 0. The average Bonchev–Trinajstić information content (AvgIpc) is 1.35. The van der Waals surface area contributed by atoms with Gasteiger partial charge in [-0.1, -0.05) is 0 Å². The minimum absolute atomic E-state index is 0.